The minimum atomic E-state index is -3.38. The van der Waals surface area contributed by atoms with Gasteiger partial charge in [0.25, 0.3) is 0 Å². The SMILES string of the molecule is C[C@]1(C(=O)NCc2ccccc2NS(C)(=O)=O)CC1(Cl)Cl. The summed E-state index contributed by atoms with van der Waals surface area (Å²) in [6, 6.07) is 6.84. The maximum absolute atomic E-state index is 12.1. The molecule has 0 aliphatic heterocycles. The third-order valence-corrected chi connectivity index (χ3v) is 5.20. The first-order valence-electron chi connectivity index (χ1n) is 6.27. The number of hydrogen-bond acceptors (Lipinski definition) is 3. The first kappa shape index (κ1) is 16.4. The summed E-state index contributed by atoms with van der Waals surface area (Å²) in [7, 11) is -3.38. The monoisotopic (exact) mass is 350 g/mol. The molecular weight excluding hydrogens is 335 g/mol. The third kappa shape index (κ3) is 3.62. The zero-order valence-electron chi connectivity index (χ0n) is 11.6. The van der Waals surface area contributed by atoms with Crippen LogP contribution in [0.3, 0.4) is 0 Å². The lowest BCUT2D eigenvalue weighted by Gasteiger charge is -2.15. The number of anilines is 1. The molecule has 1 aliphatic rings. The summed E-state index contributed by atoms with van der Waals surface area (Å²) in [4.78, 5) is 12.1. The van der Waals surface area contributed by atoms with E-state index >= 15 is 0 Å². The van der Waals surface area contributed by atoms with Crippen molar-refractivity contribution < 1.29 is 13.2 Å². The largest absolute Gasteiger partial charge is 0.351 e. The molecular formula is C13H16Cl2N2O3S. The van der Waals surface area contributed by atoms with Crippen LogP contribution in [0, 0.1) is 5.41 Å². The van der Waals surface area contributed by atoms with Crippen LogP contribution in [0.5, 0.6) is 0 Å². The summed E-state index contributed by atoms with van der Waals surface area (Å²) < 4.78 is 24.0. The van der Waals surface area contributed by atoms with Gasteiger partial charge in [-0.2, -0.15) is 0 Å². The summed E-state index contributed by atoms with van der Waals surface area (Å²) in [5.41, 5.74) is 0.300. The molecule has 1 aromatic carbocycles. The average molecular weight is 351 g/mol. The van der Waals surface area contributed by atoms with Crippen LogP contribution in [0.1, 0.15) is 18.9 Å². The van der Waals surface area contributed by atoms with Crippen LogP contribution in [-0.2, 0) is 21.4 Å². The fourth-order valence-electron chi connectivity index (χ4n) is 1.99. The second kappa shape index (κ2) is 5.34. The molecule has 1 amide bonds. The van der Waals surface area contributed by atoms with Crippen LogP contribution in [0.4, 0.5) is 5.69 Å². The number of benzene rings is 1. The number of carbonyl (C=O) groups is 1. The molecule has 0 bridgehead atoms. The van der Waals surface area contributed by atoms with E-state index in [0.29, 0.717) is 17.7 Å². The van der Waals surface area contributed by atoms with Crippen molar-refractivity contribution in [2.75, 3.05) is 11.0 Å². The molecule has 21 heavy (non-hydrogen) atoms. The highest BCUT2D eigenvalue weighted by molar-refractivity contribution is 7.92. The summed E-state index contributed by atoms with van der Waals surface area (Å²) >= 11 is 11.9. The Labute approximate surface area is 134 Å². The van der Waals surface area contributed by atoms with E-state index in [2.05, 4.69) is 10.0 Å². The van der Waals surface area contributed by atoms with Crippen LogP contribution in [-0.4, -0.2) is 24.9 Å². The smallest absolute Gasteiger partial charge is 0.229 e. The van der Waals surface area contributed by atoms with E-state index in [1.54, 1.807) is 31.2 Å². The molecule has 116 valence electrons. The van der Waals surface area contributed by atoms with E-state index in [-0.39, 0.29) is 12.5 Å². The van der Waals surface area contributed by atoms with Crippen molar-refractivity contribution in [3.05, 3.63) is 29.8 Å². The Kier molecular flexibility index (Phi) is 4.17. The zero-order chi connectivity index (χ0) is 15.9. The Morgan fingerprint density at radius 2 is 1.90 bits per heavy atom. The second-order valence-corrected chi connectivity index (χ2v) is 8.66. The predicted octanol–water partition coefficient (Wildman–Crippen LogP) is 2.26. The molecule has 0 spiro atoms. The Bertz CT molecular complexity index is 676. The van der Waals surface area contributed by atoms with Crippen molar-refractivity contribution in [3.8, 4) is 0 Å². The fourth-order valence-corrected chi connectivity index (χ4v) is 3.30. The summed E-state index contributed by atoms with van der Waals surface area (Å²) in [5.74, 6) is -0.248. The van der Waals surface area contributed by atoms with Gasteiger partial charge in [0.2, 0.25) is 15.9 Å². The number of halogens is 2. The molecule has 8 heteroatoms. The number of para-hydroxylation sites is 1. The molecule has 1 atom stereocenters. The van der Waals surface area contributed by atoms with Gasteiger partial charge in [0, 0.05) is 6.54 Å². The van der Waals surface area contributed by atoms with Gasteiger partial charge in [-0.05, 0) is 25.0 Å². The number of nitrogens with one attached hydrogen (secondary N) is 2. The van der Waals surface area contributed by atoms with Crippen molar-refractivity contribution in [3.63, 3.8) is 0 Å². The summed E-state index contributed by atoms with van der Waals surface area (Å²) in [6.45, 7) is 1.89. The van der Waals surface area contributed by atoms with Crippen LogP contribution >= 0.6 is 23.2 Å². The molecule has 0 radical (unpaired) electrons. The zero-order valence-corrected chi connectivity index (χ0v) is 13.9. The predicted molar refractivity (Wildman–Crippen MR) is 83.9 cm³/mol. The lowest BCUT2D eigenvalue weighted by molar-refractivity contribution is -0.125. The lowest BCUT2D eigenvalue weighted by atomic mass is 10.1. The van der Waals surface area contributed by atoms with Crippen LogP contribution in [0.2, 0.25) is 0 Å². The number of alkyl halides is 2. The highest BCUT2D eigenvalue weighted by atomic mass is 35.5. The first-order chi connectivity index (χ1) is 9.55. The highest BCUT2D eigenvalue weighted by Crippen LogP contribution is 2.63. The van der Waals surface area contributed by atoms with E-state index < -0.39 is 19.8 Å². The maximum Gasteiger partial charge on any atom is 0.229 e. The molecule has 1 saturated carbocycles. The Hall–Kier alpha value is -0.980. The van der Waals surface area contributed by atoms with E-state index in [1.165, 1.54) is 0 Å². The molecule has 2 rings (SSSR count). The number of amides is 1. The molecule has 1 fully saturated rings. The van der Waals surface area contributed by atoms with Gasteiger partial charge in [-0.1, -0.05) is 18.2 Å². The molecule has 1 aromatic rings. The van der Waals surface area contributed by atoms with Gasteiger partial charge in [-0.25, -0.2) is 8.42 Å². The average Bonchev–Trinajstić information content (AvgIpc) is 2.86. The molecule has 0 saturated heterocycles. The number of carbonyl (C=O) groups excluding carboxylic acids is 1. The minimum absolute atomic E-state index is 0.191. The molecule has 0 heterocycles. The second-order valence-electron chi connectivity index (χ2n) is 5.43. The van der Waals surface area contributed by atoms with Crippen molar-refractivity contribution in [1.82, 2.24) is 5.32 Å². The third-order valence-electron chi connectivity index (χ3n) is 3.51. The quantitative estimate of drug-likeness (QED) is 0.799. The molecule has 2 N–H and O–H groups in total. The van der Waals surface area contributed by atoms with Gasteiger partial charge in [0.05, 0.1) is 17.4 Å². The number of sulfonamides is 1. The first-order valence-corrected chi connectivity index (χ1v) is 8.92. The standard InChI is InChI=1S/C13H16Cl2N2O3S/c1-12(8-13(12,14)15)11(18)16-7-9-5-3-4-6-10(9)17-21(2,19)20/h3-6,17H,7-8H2,1-2H3,(H,16,18)/t12-/m1/s1. The van der Waals surface area contributed by atoms with Crippen molar-refractivity contribution in [1.29, 1.82) is 0 Å². The molecule has 1 aliphatic carbocycles. The molecule has 5 nitrogen and oxygen atoms in total. The Balaban J connectivity index is 2.06. The summed E-state index contributed by atoms with van der Waals surface area (Å²) in [6.07, 6.45) is 1.47. The fraction of sp³-hybridized carbons (Fsp3) is 0.462. The Morgan fingerprint density at radius 1 is 1.33 bits per heavy atom. The topological polar surface area (TPSA) is 75.3 Å². The van der Waals surface area contributed by atoms with Crippen LogP contribution in [0.25, 0.3) is 0 Å². The summed E-state index contributed by atoms with van der Waals surface area (Å²) in [5, 5.41) is 2.74. The van der Waals surface area contributed by atoms with E-state index in [0.717, 1.165) is 6.26 Å². The van der Waals surface area contributed by atoms with Gasteiger partial charge >= 0.3 is 0 Å². The lowest BCUT2D eigenvalue weighted by Crippen LogP contribution is -2.33. The van der Waals surface area contributed by atoms with Crippen molar-refractivity contribution in [2.45, 2.75) is 24.2 Å². The van der Waals surface area contributed by atoms with Crippen LogP contribution < -0.4 is 10.0 Å². The number of rotatable bonds is 5. The van der Waals surface area contributed by atoms with Gasteiger partial charge in [-0.3, -0.25) is 9.52 Å². The number of hydrogen-bond donors (Lipinski definition) is 2. The van der Waals surface area contributed by atoms with Gasteiger partial charge in [0.15, 0.2) is 0 Å². The Morgan fingerprint density at radius 3 is 2.43 bits per heavy atom. The van der Waals surface area contributed by atoms with E-state index in [9.17, 15) is 13.2 Å². The van der Waals surface area contributed by atoms with Gasteiger partial charge in [-0.15, -0.1) is 23.2 Å². The normalized spacial score (nSPS) is 23.4. The highest BCUT2D eigenvalue weighted by Gasteiger charge is 2.67. The minimum Gasteiger partial charge on any atom is -0.351 e. The molecule has 0 unspecified atom stereocenters. The van der Waals surface area contributed by atoms with E-state index in [1.807, 2.05) is 0 Å². The van der Waals surface area contributed by atoms with Gasteiger partial charge in [0.1, 0.15) is 4.33 Å². The van der Waals surface area contributed by atoms with E-state index in [4.69, 9.17) is 23.2 Å². The van der Waals surface area contributed by atoms with Crippen LogP contribution in [0.15, 0.2) is 24.3 Å². The van der Waals surface area contributed by atoms with Crippen molar-refractivity contribution in [2.24, 2.45) is 5.41 Å². The van der Waals surface area contributed by atoms with Gasteiger partial charge < -0.3 is 5.32 Å². The maximum atomic E-state index is 12.1. The van der Waals surface area contributed by atoms with Crippen molar-refractivity contribution >= 4 is 44.8 Å². The molecule has 0 aromatic heterocycles.